The zero-order chi connectivity index (χ0) is 11.1. The number of carbonyl (C=O) groups excluding carboxylic acids is 2. The zero-order valence-corrected chi connectivity index (χ0v) is 8.19. The number of ether oxygens (including phenoxy) is 1. The number of nitrogens with zero attached hydrogens (tertiary/aromatic N) is 1. The lowest BCUT2D eigenvalue weighted by atomic mass is 10.1. The van der Waals surface area contributed by atoms with Gasteiger partial charge in [-0.25, -0.2) is 4.79 Å². The van der Waals surface area contributed by atoms with E-state index in [0.717, 1.165) is 0 Å². The highest BCUT2D eigenvalue weighted by molar-refractivity contribution is 5.78. The van der Waals surface area contributed by atoms with E-state index in [1.54, 1.807) is 6.92 Å². The van der Waals surface area contributed by atoms with Crippen molar-refractivity contribution in [1.82, 2.24) is 0 Å². The number of hydrogen-bond donors (Lipinski definition) is 0. The molecule has 0 rings (SSSR count). The van der Waals surface area contributed by atoms with Crippen LogP contribution in [0.15, 0.2) is 0 Å². The predicted octanol–water partition coefficient (Wildman–Crippen LogP) is 0.564. The Labute approximate surface area is 81.4 Å². The minimum Gasteiger partial charge on any atom is -0.461 e. The maximum absolute atomic E-state index is 11.0. The second-order valence-corrected chi connectivity index (χ2v) is 2.79. The maximum atomic E-state index is 11.0. The van der Waals surface area contributed by atoms with Gasteiger partial charge in [0.2, 0.25) is 0 Å². The van der Waals surface area contributed by atoms with Crippen LogP contribution in [0, 0.1) is 10.1 Å². The number of rotatable bonds is 6. The molecule has 0 saturated carbocycles. The molecule has 0 radical (unpaired) electrons. The molecule has 0 aromatic heterocycles. The van der Waals surface area contributed by atoms with Crippen molar-refractivity contribution in [2.45, 2.75) is 32.7 Å². The van der Waals surface area contributed by atoms with E-state index in [1.165, 1.54) is 6.92 Å². The molecule has 0 aliphatic carbocycles. The molecule has 0 unspecified atom stereocenters. The van der Waals surface area contributed by atoms with Gasteiger partial charge in [-0.15, -0.1) is 0 Å². The molecule has 0 spiro atoms. The van der Waals surface area contributed by atoms with E-state index in [0.29, 0.717) is 0 Å². The Morgan fingerprint density at radius 1 is 1.50 bits per heavy atom. The van der Waals surface area contributed by atoms with E-state index in [9.17, 15) is 19.7 Å². The fourth-order valence-corrected chi connectivity index (χ4v) is 0.888. The summed E-state index contributed by atoms with van der Waals surface area (Å²) in [4.78, 5) is 31.3. The van der Waals surface area contributed by atoms with Crippen LogP contribution in [0.25, 0.3) is 0 Å². The van der Waals surface area contributed by atoms with E-state index in [2.05, 4.69) is 4.74 Å². The largest absolute Gasteiger partial charge is 0.461 e. The molecule has 0 bridgehead atoms. The summed E-state index contributed by atoms with van der Waals surface area (Å²) in [7, 11) is 0. The molecule has 80 valence electrons. The highest BCUT2D eigenvalue weighted by Gasteiger charge is 2.30. The van der Waals surface area contributed by atoms with Gasteiger partial charge < -0.3 is 9.53 Å². The molecule has 6 heteroatoms. The first-order valence-corrected chi connectivity index (χ1v) is 4.28. The number of nitro groups is 1. The van der Waals surface area contributed by atoms with Crippen LogP contribution in [0.4, 0.5) is 0 Å². The number of Topliss-reactive ketones (excluding diaryl/α,β-unsaturated/α-hetero) is 1. The third-order valence-corrected chi connectivity index (χ3v) is 1.58. The molecule has 0 aliphatic rings. The van der Waals surface area contributed by atoms with Crippen LogP contribution in [0.5, 0.6) is 0 Å². The molecular weight excluding hydrogens is 190 g/mol. The lowest BCUT2D eigenvalue weighted by molar-refractivity contribution is -0.511. The van der Waals surface area contributed by atoms with Gasteiger partial charge in [0.25, 0.3) is 0 Å². The van der Waals surface area contributed by atoms with Gasteiger partial charge >= 0.3 is 12.0 Å². The summed E-state index contributed by atoms with van der Waals surface area (Å²) < 4.78 is 4.51. The molecule has 0 heterocycles. The van der Waals surface area contributed by atoms with Crippen molar-refractivity contribution in [3.63, 3.8) is 0 Å². The Hall–Kier alpha value is -1.46. The smallest absolute Gasteiger partial charge is 0.381 e. The first kappa shape index (κ1) is 12.5. The second kappa shape index (κ2) is 6.06. The fourth-order valence-electron chi connectivity index (χ4n) is 0.888. The van der Waals surface area contributed by atoms with Gasteiger partial charge in [0.15, 0.2) is 0 Å². The minimum atomic E-state index is -1.42. The van der Waals surface area contributed by atoms with Crippen LogP contribution in [-0.2, 0) is 14.3 Å². The molecule has 0 N–H and O–H groups in total. The fraction of sp³-hybridized carbons (Fsp3) is 0.750. The van der Waals surface area contributed by atoms with Crippen molar-refractivity contribution in [2.24, 2.45) is 0 Å². The number of esters is 1. The lowest BCUT2D eigenvalue weighted by Crippen LogP contribution is -2.31. The van der Waals surface area contributed by atoms with Gasteiger partial charge in [0.05, 0.1) is 6.61 Å². The lowest BCUT2D eigenvalue weighted by Gasteiger charge is -2.06. The quantitative estimate of drug-likeness (QED) is 0.357. The van der Waals surface area contributed by atoms with Crippen LogP contribution in [0.3, 0.4) is 0 Å². The van der Waals surface area contributed by atoms with Gasteiger partial charge in [-0.1, -0.05) is 0 Å². The first-order chi connectivity index (χ1) is 6.49. The highest BCUT2D eigenvalue weighted by Crippen LogP contribution is 2.04. The Kier molecular flexibility index (Phi) is 5.43. The second-order valence-electron chi connectivity index (χ2n) is 2.79. The molecule has 0 fully saturated rings. The Bertz CT molecular complexity index is 238. The monoisotopic (exact) mass is 203 g/mol. The molecular formula is C8H13NO5. The normalized spacial score (nSPS) is 11.9. The standard InChI is InChI=1S/C8H13NO5/c1-3-14-8(11)7(9(12)13)5-4-6(2)10/h7H,3-5H2,1-2H3/t7-/m1/s1. The average molecular weight is 203 g/mol. The van der Waals surface area contributed by atoms with E-state index < -0.39 is 16.9 Å². The van der Waals surface area contributed by atoms with Gasteiger partial charge in [0, 0.05) is 17.8 Å². The molecule has 0 aromatic rings. The molecule has 6 nitrogen and oxygen atoms in total. The Balaban J connectivity index is 4.22. The van der Waals surface area contributed by atoms with Gasteiger partial charge in [-0.3, -0.25) is 10.1 Å². The van der Waals surface area contributed by atoms with E-state index in [-0.39, 0.29) is 25.2 Å². The SMILES string of the molecule is CCOC(=O)[C@@H](CCC(C)=O)[N+](=O)[O-]. The van der Waals surface area contributed by atoms with Crippen molar-refractivity contribution in [2.75, 3.05) is 6.61 Å². The summed E-state index contributed by atoms with van der Waals surface area (Å²) in [5.74, 6) is -1.06. The van der Waals surface area contributed by atoms with Crippen molar-refractivity contribution >= 4 is 11.8 Å². The summed E-state index contributed by atoms with van der Waals surface area (Å²) in [5.41, 5.74) is 0. The Morgan fingerprint density at radius 2 is 2.07 bits per heavy atom. The molecule has 14 heavy (non-hydrogen) atoms. The van der Waals surface area contributed by atoms with Gasteiger partial charge in [0.1, 0.15) is 5.78 Å². The van der Waals surface area contributed by atoms with E-state index >= 15 is 0 Å². The van der Waals surface area contributed by atoms with Crippen molar-refractivity contribution in [3.05, 3.63) is 10.1 Å². The molecule has 0 aromatic carbocycles. The highest BCUT2D eigenvalue weighted by atomic mass is 16.6. The zero-order valence-electron chi connectivity index (χ0n) is 8.19. The molecule has 0 aliphatic heterocycles. The summed E-state index contributed by atoms with van der Waals surface area (Å²) in [5, 5.41) is 10.4. The summed E-state index contributed by atoms with van der Waals surface area (Å²) in [6, 6.07) is -1.42. The summed E-state index contributed by atoms with van der Waals surface area (Å²) in [6.45, 7) is 2.99. The minimum absolute atomic E-state index is 0.0183. The van der Waals surface area contributed by atoms with Crippen LogP contribution in [0.2, 0.25) is 0 Å². The van der Waals surface area contributed by atoms with Crippen LogP contribution >= 0.6 is 0 Å². The number of carbonyl (C=O) groups is 2. The van der Waals surface area contributed by atoms with Crippen LogP contribution in [0.1, 0.15) is 26.7 Å². The van der Waals surface area contributed by atoms with Gasteiger partial charge in [-0.2, -0.15) is 0 Å². The average Bonchev–Trinajstić information content (AvgIpc) is 2.03. The molecule has 0 saturated heterocycles. The number of ketones is 1. The summed E-state index contributed by atoms with van der Waals surface area (Å²) in [6.07, 6.45) is -0.0778. The van der Waals surface area contributed by atoms with Crippen LogP contribution in [-0.4, -0.2) is 29.3 Å². The van der Waals surface area contributed by atoms with Crippen molar-refractivity contribution in [3.8, 4) is 0 Å². The number of hydrogen-bond acceptors (Lipinski definition) is 5. The molecule has 1 atom stereocenters. The first-order valence-electron chi connectivity index (χ1n) is 4.28. The van der Waals surface area contributed by atoms with E-state index in [4.69, 9.17) is 0 Å². The summed E-state index contributed by atoms with van der Waals surface area (Å²) >= 11 is 0. The third kappa shape index (κ3) is 4.54. The topological polar surface area (TPSA) is 86.5 Å². The maximum Gasteiger partial charge on any atom is 0.381 e. The van der Waals surface area contributed by atoms with Gasteiger partial charge in [-0.05, 0) is 13.8 Å². The molecule has 0 amide bonds. The Morgan fingerprint density at radius 3 is 2.43 bits per heavy atom. The van der Waals surface area contributed by atoms with Crippen molar-refractivity contribution in [1.29, 1.82) is 0 Å². The third-order valence-electron chi connectivity index (χ3n) is 1.58. The van der Waals surface area contributed by atoms with Crippen molar-refractivity contribution < 1.29 is 19.2 Å². The predicted molar refractivity (Wildman–Crippen MR) is 47.3 cm³/mol. The van der Waals surface area contributed by atoms with E-state index in [1.807, 2.05) is 0 Å². The van der Waals surface area contributed by atoms with Crippen LogP contribution < -0.4 is 0 Å².